The van der Waals surface area contributed by atoms with E-state index in [2.05, 4.69) is 0 Å². The minimum atomic E-state index is -1.14. The van der Waals surface area contributed by atoms with Gasteiger partial charge in [0.1, 0.15) is 29.6 Å². The van der Waals surface area contributed by atoms with E-state index in [1.54, 1.807) is 24.3 Å². The normalized spacial score (nSPS) is 12.4. The molecule has 0 aliphatic heterocycles. The van der Waals surface area contributed by atoms with E-state index in [4.69, 9.17) is 47.8 Å². The number of rotatable bonds is 9. The van der Waals surface area contributed by atoms with Gasteiger partial charge in [-0.15, -0.1) is 0 Å². The Bertz CT molecular complexity index is 1190. The highest BCUT2D eigenvalue weighted by Gasteiger charge is 2.14. The van der Waals surface area contributed by atoms with E-state index < -0.39 is 47.6 Å². The molecule has 2 unspecified atom stereocenters. The molecule has 13 heteroatoms. The molecule has 0 bridgehead atoms. The Kier molecular flexibility index (Phi) is 13.6. The first-order valence-corrected chi connectivity index (χ1v) is 11.7. The van der Waals surface area contributed by atoms with Crippen molar-refractivity contribution in [2.24, 2.45) is 17.2 Å². The summed E-state index contributed by atoms with van der Waals surface area (Å²) in [4.78, 5) is 31.2. The molecule has 3 rings (SSSR count). The lowest BCUT2D eigenvalue weighted by atomic mass is 10.1. The van der Waals surface area contributed by atoms with Crippen LogP contribution in [-0.4, -0.2) is 66.7 Å². The summed E-state index contributed by atoms with van der Waals surface area (Å²) in [5.41, 5.74) is 17.9. The molecule has 0 aliphatic carbocycles. The number of phenols is 3. The van der Waals surface area contributed by atoms with Crippen molar-refractivity contribution in [3.05, 3.63) is 89.2 Å². The maximum atomic E-state index is 12.8. The summed E-state index contributed by atoms with van der Waals surface area (Å²) >= 11 is 0. The molecular weight excluding hydrogens is 529 g/mol. The summed E-state index contributed by atoms with van der Waals surface area (Å²) in [7, 11) is 0. The van der Waals surface area contributed by atoms with Gasteiger partial charge in [-0.1, -0.05) is 30.3 Å². The lowest BCUT2D eigenvalue weighted by molar-refractivity contribution is -0.139. The van der Waals surface area contributed by atoms with Crippen LogP contribution >= 0.6 is 0 Å². The highest BCUT2D eigenvalue weighted by molar-refractivity contribution is 5.74. The van der Waals surface area contributed by atoms with Crippen LogP contribution in [0.3, 0.4) is 0 Å². The molecule has 0 radical (unpaired) electrons. The van der Waals surface area contributed by atoms with Gasteiger partial charge < -0.3 is 47.8 Å². The van der Waals surface area contributed by atoms with Crippen molar-refractivity contribution in [2.75, 3.05) is 0 Å². The van der Waals surface area contributed by atoms with E-state index in [-0.39, 0.29) is 30.8 Å². The van der Waals surface area contributed by atoms with Gasteiger partial charge >= 0.3 is 17.9 Å². The number of benzene rings is 3. The number of carboxylic acids is 3. The quantitative estimate of drug-likeness (QED) is 0.179. The van der Waals surface area contributed by atoms with Gasteiger partial charge in [-0.3, -0.25) is 14.4 Å². The highest BCUT2D eigenvalue weighted by Crippen LogP contribution is 2.17. The molecule has 3 atom stereocenters. The second-order valence-electron chi connectivity index (χ2n) is 8.57. The lowest BCUT2D eigenvalue weighted by Gasteiger charge is -2.06. The molecule has 0 saturated carbocycles. The van der Waals surface area contributed by atoms with E-state index >= 15 is 0 Å². The summed E-state index contributed by atoms with van der Waals surface area (Å²) in [6.45, 7) is 0. The van der Waals surface area contributed by atoms with Crippen LogP contribution in [0, 0.1) is 5.82 Å². The zero-order valence-electron chi connectivity index (χ0n) is 21.2. The Morgan fingerprint density at radius 1 is 0.575 bits per heavy atom. The van der Waals surface area contributed by atoms with Crippen molar-refractivity contribution < 1.29 is 49.4 Å². The SMILES string of the molecule is NC(Cc1ccc(O)c(F)c1)C(=O)O.NC(Cc1ccc(O)cc1)C(=O)O.N[C@H](Cc1ccc(O)cc1)C(=O)O. The minimum Gasteiger partial charge on any atom is -0.508 e. The molecule has 0 spiro atoms. The predicted octanol–water partition coefficient (Wildman–Crippen LogP) is 1.18. The molecule has 0 heterocycles. The number of nitrogens with two attached hydrogens (primary N) is 3. The van der Waals surface area contributed by atoms with Crippen LogP contribution in [-0.2, 0) is 33.6 Å². The Morgan fingerprint density at radius 2 is 0.875 bits per heavy atom. The van der Waals surface area contributed by atoms with Gasteiger partial charge in [-0.25, -0.2) is 4.39 Å². The van der Waals surface area contributed by atoms with Crippen LogP contribution in [0.2, 0.25) is 0 Å². The van der Waals surface area contributed by atoms with E-state index in [0.717, 1.165) is 17.2 Å². The maximum absolute atomic E-state index is 12.8. The molecule has 40 heavy (non-hydrogen) atoms. The summed E-state index contributed by atoms with van der Waals surface area (Å²) in [5.74, 6) is -4.10. The zero-order valence-corrected chi connectivity index (χ0v) is 21.2. The van der Waals surface area contributed by atoms with Gasteiger partial charge in [-0.05, 0) is 72.4 Å². The Labute approximate surface area is 228 Å². The summed E-state index contributed by atoms with van der Waals surface area (Å²) in [5, 5.41) is 52.3. The Balaban J connectivity index is 0.000000300. The van der Waals surface area contributed by atoms with Crippen LogP contribution in [0.5, 0.6) is 17.2 Å². The van der Waals surface area contributed by atoms with Crippen molar-refractivity contribution in [3.8, 4) is 17.2 Å². The second kappa shape index (κ2) is 16.3. The monoisotopic (exact) mass is 561 g/mol. The van der Waals surface area contributed by atoms with Crippen molar-refractivity contribution in [2.45, 2.75) is 37.4 Å². The molecule has 0 saturated heterocycles. The van der Waals surface area contributed by atoms with Crippen LogP contribution < -0.4 is 17.2 Å². The Hall–Kier alpha value is -4.72. The topological polar surface area (TPSA) is 251 Å². The first-order valence-electron chi connectivity index (χ1n) is 11.7. The number of phenolic OH excluding ortho intramolecular Hbond substituents is 3. The third-order valence-corrected chi connectivity index (χ3v) is 5.20. The van der Waals surface area contributed by atoms with E-state index in [9.17, 15) is 18.8 Å². The second-order valence-corrected chi connectivity index (χ2v) is 8.57. The molecule has 0 amide bonds. The van der Waals surface area contributed by atoms with Gasteiger partial charge in [-0.2, -0.15) is 0 Å². The number of hydrogen-bond donors (Lipinski definition) is 9. The number of halogens is 1. The smallest absolute Gasteiger partial charge is 0.320 e. The molecule has 216 valence electrons. The third-order valence-electron chi connectivity index (χ3n) is 5.20. The fourth-order valence-electron chi connectivity index (χ4n) is 2.97. The first-order chi connectivity index (χ1) is 18.7. The third kappa shape index (κ3) is 12.7. The maximum Gasteiger partial charge on any atom is 0.320 e. The van der Waals surface area contributed by atoms with Gasteiger partial charge in [0.15, 0.2) is 11.6 Å². The average molecular weight is 562 g/mol. The molecule has 0 aliphatic rings. The molecule has 3 aromatic rings. The lowest BCUT2D eigenvalue weighted by Crippen LogP contribution is -2.32. The fraction of sp³-hybridized carbons (Fsp3) is 0.222. The van der Waals surface area contributed by atoms with Crippen molar-refractivity contribution in [3.63, 3.8) is 0 Å². The van der Waals surface area contributed by atoms with Crippen molar-refractivity contribution in [1.29, 1.82) is 0 Å². The van der Waals surface area contributed by atoms with E-state index in [0.29, 0.717) is 5.56 Å². The van der Waals surface area contributed by atoms with E-state index in [1.165, 1.54) is 36.4 Å². The van der Waals surface area contributed by atoms with Crippen LogP contribution in [0.25, 0.3) is 0 Å². The van der Waals surface area contributed by atoms with Crippen LogP contribution in [0.4, 0.5) is 4.39 Å². The van der Waals surface area contributed by atoms with Crippen molar-refractivity contribution >= 4 is 17.9 Å². The van der Waals surface area contributed by atoms with Gasteiger partial charge in [0.05, 0.1) is 0 Å². The van der Waals surface area contributed by atoms with Crippen LogP contribution in [0.15, 0.2) is 66.7 Å². The molecule has 0 aromatic heterocycles. The van der Waals surface area contributed by atoms with Crippen LogP contribution in [0.1, 0.15) is 16.7 Å². The number of hydrogen-bond acceptors (Lipinski definition) is 9. The zero-order chi connectivity index (χ0) is 30.4. The molecule has 12 nitrogen and oxygen atoms in total. The Morgan fingerprint density at radius 3 is 1.18 bits per heavy atom. The first kappa shape index (κ1) is 33.3. The summed E-state index contributed by atoms with van der Waals surface area (Å²) in [6.07, 6.45) is 0.581. The number of carbonyl (C=O) groups is 3. The standard InChI is InChI=1S/C9H10FNO3.2C9H11NO3/c10-6-3-5(1-2-8(6)12)4-7(11)9(13)14;2*10-8(9(12)13)5-6-1-3-7(11)4-2-6/h1-3,7,12H,4,11H2,(H,13,14);2*1-4,8,11H,5,10H2,(H,12,13)/t;8-;/m.1./s1. The largest absolute Gasteiger partial charge is 0.508 e. The number of aromatic hydroxyl groups is 3. The fourth-order valence-corrected chi connectivity index (χ4v) is 2.97. The van der Waals surface area contributed by atoms with Gasteiger partial charge in [0.2, 0.25) is 0 Å². The van der Waals surface area contributed by atoms with E-state index in [1.807, 2.05) is 0 Å². The summed E-state index contributed by atoms with van der Waals surface area (Å²) < 4.78 is 12.8. The van der Waals surface area contributed by atoms with Gasteiger partial charge in [0, 0.05) is 0 Å². The highest BCUT2D eigenvalue weighted by atomic mass is 19.1. The van der Waals surface area contributed by atoms with Gasteiger partial charge in [0.25, 0.3) is 0 Å². The average Bonchev–Trinajstić information content (AvgIpc) is 2.89. The molecular formula is C27H32FN3O9. The minimum absolute atomic E-state index is 0.0343. The number of aliphatic carboxylic acids is 3. The molecule has 0 fully saturated rings. The molecule has 12 N–H and O–H groups in total. The summed E-state index contributed by atoms with van der Waals surface area (Å²) in [6, 6.07) is 13.5. The molecule has 3 aromatic carbocycles. The number of carboxylic acid groups (broad SMARTS) is 3. The van der Waals surface area contributed by atoms with Crippen molar-refractivity contribution in [1.82, 2.24) is 0 Å². The predicted molar refractivity (Wildman–Crippen MR) is 142 cm³/mol.